The molecule has 0 radical (unpaired) electrons. The SMILES string of the molecule is COc1cc(C[NH2+]C[C@@H](C)O)ccc1OCC(=O)NC(C)(C)C. The number of aliphatic hydroxyl groups is 1. The van der Waals surface area contributed by atoms with Gasteiger partial charge in [0.2, 0.25) is 0 Å². The highest BCUT2D eigenvalue weighted by Gasteiger charge is 2.15. The lowest BCUT2D eigenvalue weighted by molar-refractivity contribution is -0.676. The molecule has 23 heavy (non-hydrogen) atoms. The minimum Gasteiger partial charge on any atom is -0.493 e. The summed E-state index contributed by atoms with van der Waals surface area (Å²) in [5.41, 5.74) is 0.780. The average Bonchev–Trinajstić information content (AvgIpc) is 2.43. The monoisotopic (exact) mass is 325 g/mol. The van der Waals surface area contributed by atoms with Crippen LogP contribution >= 0.6 is 0 Å². The molecule has 0 aliphatic carbocycles. The number of aliphatic hydroxyl groups excluding tert-OH is 1. The third-order valence-corrected chi connectivity index (χ3v) is 2.99. The predicted molar refractivity (Wildman–Crippen MR) is 88.6 cm³/mol. The number of rotatable bonds is 8. The molecule has 0 unspecified atom stereocenters. The molecule has 0 bridgehead atoms. The minimum absolute atomic E-state index is 0.0544. The molecular weight excluding hydrogens is 296 g/mol. The molecular formula is C17H29N2O4+. The summed E-state index contributed by atoms with van der Waals surface area (Å²) in [5.74, 6) is 0.959. The van der Waals surface area contributed by atoms with Gasteiger partial charge in [0.15, 0.2) is 18.1 Å². The second kappa shape index (κ2) is 8.74. The zero-order chi connectivity index (χ0) is 17.5. The van der Waals surface area contributed by atoms with Crippen LogP contribution in [0.1, 0.15) is 33.3 Å². The van der Waals surface area contributed by atoms with Crippen LogP contribution in [0.15, 0.2) is 18.2 Å². The number of benzene rings is 1. The zero-order valence-electron chi connectivity index (χ0n) is 14.7. The summed E-state index contributed by atoms with van der Waals surface area (Å²) in [4.78, 5) is 11.8. The Hall–Kier alpha value is -1.79. The van der Waals surface area contributed by atoms with Crippen LogP contribution in [-0.4, -0.2) is 42.9 Å². The molecule has 1 aromatic carbocycles. The van der Waals surface area contributed by atoms with E-state index in [0.29, 0.717) is 18.0 Å². The smallest absolute Gasteiger partial charge is 0.258 e. The molecule has 0 saturated heterocycles. The zero-order valence-corrected chi connectivity index (χ0v) is 14.7. The van der Waals surface area contributed by atoms with Crippen LogP contribution in [-0.2, 0) is 11.3 Å². The number of nitrogens with one attached hydrogen (secondary N) is 1. The van der Waals surface area contributed by atoms with Gasteiger partial charge < -0.3 is 25.2 Å². The van der Waals surface area contributed by atoms with Crippen LogP contribution in [0.3, 0.4) is 0 Å². The number of amides is 1. The summed E-state index contributed by atoms with van der Waals surface area (Å²) >= 11 is 0. The maximum absolute atomic E-state index is 11.8. The molecule has 0 aliphatic rings. The number of carbonyl (C=O) groups is 1. The number of hydrogen-bond donors (Lipinski definition) is 3. The molecule has 0 heterocycles. The van der Waals surface area contributed by atoms with Crippen molar-refractivity contribution in [3.63, 3.8) is 0 Å². The van der Waals surface area contributed by atoms with Crippen LogP contribution in [0.4, 0.5) is 0 Å². The maximum atomic E-state index is 11.8. The van der Waals surface area contributed by atoms with Crippen LogP contribution in [0, 0.1) is 0 Å². The van der Waals surface area contributed by atoms with E-state index in [-0.39, 0.29) is 24.2 Å². The largest absolute Gasteiger partial charge is 0.493 e. The summed E-state index contributed by atoms with van der Waals surface area (Å²) in [5, 5.41) is 14.1. The number of quaternary nitrogens is 1. The molecule has 6 nitrogen and oxygen atoms in total. The van der Waals surface area contributed by atoms with Crippen molar-refractivity contribution >= 4 is 5.91 Å². The van der Waals surface area contributed by atoms with E-state index in [0.717, 1.165) is 12.1 Å². The first-order chi connectivity index (χ1) is 10.7. The van der Waals surface area contributed by atoms with Gasteiger partial charge in [-0.1, -0.05) is 0 Å². The minimum atomic E-state index is -0.333. The summed E-state index contributed by atoms with van der Waals surface area (Å²) in [6, 6.07) is 5.61. The number of methoxy groups -OCH3 is 1. The van der Waals surface area contributed by atoms with Crippen molar-refractivity contribution in [2.75, 3.05) is 20.3 Å². The van der Waals surface area contributed by atoms with E-state index in [4.69, 9.17) is 9.47 Å². The highest BCUT2D eigenvalue weighted by Crippen LogP contribution is 2.27. The first kappa shape index (κ1) is 19.3. The Morgan fingerprint density at radius 1 is 1.35 bits per heavy atom. The van der Waals surface area contributed by atoms with Gasteiger partial charge in [-0.15, -0.1) is 0 Å². The van der Waals surface area contributed by atoms with Gasteiger partial charge in [-0.3, -0.25) is 4.79 Å². The summed E-state index contributed by atoms with van der Waals surface area (Å²) in [6.07, 6.45) is -0.333. The molecule has 1 atom stereocenters. The van der Waals surface area contributed by atoms with Crippen molar-refractivity contribution in [2.45, 2.75) is 45.9 Å². The molecule has 130 valence electrons. The van der Waals surface area contributed by atoms with Gasteiger partial charge in [-0.25, -0.2) is 0 Å². The summed E-state index contributed by atoms with van der Waals surface area (Å²) in [6.45, 7) is 8.86. The normalized spacial score (nSPS) is 12.6. The van der Waals surface area contributed by atoms with Gasteiger partial charge in [0.05, 0.1) is 13.2 Å². The van der Waals surface area contributed by atoms with E-state index in [1.807, 2.05) is 38.2 Å². The van der Waals surface area contributed by atoms with Gasteiger partial charge in [0.1, 0.15) is 13.1 Å². The number of carbonyl (C=O) groups excluding carboxylic acids is 1. The first-order valence-electron chi connectivity index (χ1n) is 7.81. The highest BCUT2D eigenvalue weighted by molar-refractivity contribution is 5.78. The Balaban J connectivity index is 2.60. The molecule has 1 aromatic rings. The summed E-state index contributed by atoms with van der Waals surface area (Å²) in [7, 11) is 1.57. The Labute approximate surface area is 138 Å². The molecule has 0 aromatic heterocycles. The quantitative estimate of drug-likeness (QED) is 0.647. The van der Waals surface area contributed by atoms with Crippen molar-refractivity contribution in [2.24, 2.45) is 0 Å². The fraction of sp³-hybridized carbons (Fsp3) is 0.588. The van der Waals surface area contributed by atoms with Gasteiger partial charge in [0, 0.05) is 11.1 Å². The number of ether oxygens (including phenoxy) is 2. The van der Waals surface area contributed by atoms with E-state index in [1.54, 1.807) is 20.1 Å². The van der Waals surface area contributed by atoms with Crippen molar-refractivity contribution in [3.8, 4) is 11.5 Å². The Morgan fingerprint density at radius 3 is 2.61 bits per heavy atom. The second-order valence-electron chi connectivity index (χ2n) is 6.65. The second-order valence-corrected chi connectivity index (χ2v) is 6.65. The third kappa shape index (κ3) is 7.85. The van der Waals surface area contributed by atoms with Gasteiger partial charge in [-0.2, -0.15) is 0 Å². The maximum Gasteiger partial charge on any atom is 0.258 e. The molecule has 1 amide bonds. The van der Waals surface area contributed by atoms with Gasteiger partial charge in [-0.05, 0) is 45.9 Å². The predicted octanol–water partition coefficient (Wildman–Crippen LogP) is 0.433. The Bertz CT molecular complexity index is 510. The van der Waals surface area contributed by atoms with Gasteiger partial charge >= 0.3 is 0 Å². The standard InChI is InChI=1S/C17H28N2O4/c1-12(20)9-18-10-13-6-7-14(15(8-13)22-5)23-11-16(21)19-17(2,3)4/h6-8,12,18,20H,9-11H2,1-5H3,(H,19,21)/p+1/t12-/m1/s1. The van der Waals surface area contributed by atoms with E-state index < -0.39 is 0 Å². The van der Waals surface area contributed by atoms with E-state index in [2.05, 4.69) is 5.32 Å². The Morgan fingerprint density at radius 2 is 2.04 bits per heavy atom. The average molecular weight is 325 g/mol. The van der Waals surface area contributed by atoms with Crippen molar-refractivity contribution in [1.29, 1.82) is 0 Å². The lowest BCUT2D eigenvalue weighted by Gasteiger charge is -2.20. The molecule has 0 aliphatic heterocycles. The molecule has 4 N–H and O–H groups in total. The molecule has 0 spiro atoms. The highest BCUT2D eigenvalue weighted by atomic mass is 16.5. The van der Waals surface area contributed by atoms with Crippen molar-refractivity contribution in [3.05, 3.63) is 23.8 Å². The fourth-order valence-corrected chi connectivity index (χ4v) is 2.05. The summed E-state index contributed by atoms with van der Waals surface area (Å²) < 4.78 is 10.9. The number of hydrogen-bond acceptors (Lipinski definition) is 4. The topological polar surface area (TPSA) is 84.4 Å². The van der Waals surface area contributed by atoms with Crippen LogP contribution in [0.2, 0.25) is 0 Å². The van der Waals surface area contributed by atoms with E-state index in [9.17, 15) is 9.90 Å². The number of nitrogens with two attached hydrogens (primary N) is 1. The van der Waals surface area contributed by atoms with Crippen molar-refractivity contribution in [1.82, 2.24) is 5.32 Å². The molecule has 0 fully saturated rings. The van der Waals surface area contributed by atoms with E-state index in [1.165, 1.54) is 0 Å². The lowest BCUT2D eigenvalue weighted by Crippen LogP contribution is -2.84. The molecule has 0 saturated carbocycles. The van der Waals surface area contributed by atoms with Crippen LogP contribution in [0.25, 0.3) is 0 Å². The third-order valence-electron chi connectivity index (χ3n) is 2.99. The van der Waals surface area contributed by atoms with Crippen molar-refractivity contribution < 1.29 is 24.7 Å². The van der Waals surface area contributed by atoms with Gasteiger partial charge in [0.25, 0.3) is 5.91 Å². The van der Waals surface area contributed by atoms with Crippen LogP contribution < -0.4 is 20.1 Å². The Kier molecular flexibility index (Phi) is 7.32. The lowest BCUT2D eigenvalue weighted by atomic mass is 10.1. The fourth-order valence-electron chi connectivity index (χ4n) is 2.05. The molecule has 1 rings (SSSR count). The first-order valence-corrected chi connectivity index (χ1v) is 7.81. The van der Waals surface area contributed by atoms with E-state index >= 15 is 0 Å². The van der Waals surface area contributed by atoms with Crippen LogP contribution in [0.5, 0.6) is 11.5 Å². The molecule has 6 heteroatoms.